The van der Waals surface area contributed by atoms with E-state index in [-0.39, 0.29) is 10.7 Å². The molecule has 5 aromatic rings. The minimum Gasteiger partial charge on any atom is -0.503 e. The fourth-order valence-electron chi connectivity index (χ4n) is 4.76. The van der Waals surface area contributed by atoms with E-state index < -0.39 is 23.5 Å². The lowest BCUT2D eigenvalue weighted by atomic mass is 9.95. The summed E-state index contributed by atoms with van der Waals surface area (Å²) in [6.45, 7) is 2.04. The number of amides is 1. The van der Waals surface area contributed by atoms with Crippen LogP contribution in [-0.2, 0) is 15.3 Å². The van der Waals surface area contributed by atoms with E-state index >= 15 is 0 Å². The topological polar surface area (TPSA) is 92.6 Å². The van der Waals surface area contributed by atoms with Crippen LogP contribution in [0, 0.1) is 6.92 Å². The van der Waals surface area contributed by atoms with E-state index in [9.17, 15) is 14.7 Å². The van der Waals surface area contributed by atoms with Crippen LogP contribution in [0.3, 0.4) is 0 Å². The molecule has 0 bridgehead atoms. The molecule has 0 aliphatic carbocycles. The van der Waals surface area contributed by atoms with Crippen molar-refractivity contribution in [3.63, 3.8) is 0 Å². The number of benzene rings is 4. The van der Waals surface area contributed by atoms with Gasteiger partial charge in [-0.1, -0.05) is 120 Å². The number of aliphatic hydroxyl groups is 1. The maximum Gasteiger partial charge on any atom is 0.296 e. The molecule has 6 rings (SSSR count). The van der Waals surface area contributed by atoms with E-state index in [0.717, 1.165) is 11.1 Å². The summed E-state index contributed by atoms with van der Waals surface area (Å²) in [6.07, 6.45) is 3.03. The average molecular weight is 618 g/mol. The first-order valence-corrected chi connectivity index (χ1v) is 15.7. The number of hydrogen-bond donors (Lipinski definition) is 1. The molecule has 0 saturated heterocycles. The van der Waals surface area contributed by atoms with Crippen molar-refractivity contribution in [2.24, 2.45) is 0 Å². The minimum atomic E-state index is -0.947. The molecule has 44 heavy (non-hydrogen) atoms. The summed E-state index contributed by atoms with van der Waals surface area (Å²) in [5, 5.41) is 20.0. The Morgan fingerprint density at radius 3 is 2.39 bits per heavy atom. The van der Waals surface area contributed by atoms with Crippen molar-refractivity contribution in [1.29, 1.82) is 0 Å². The quantitative estimate of drug-likeness (QED) is 0.0961. The first kappa shape index (κ1) is 29.1. The second-order valence-corrected chi connectivity index (χ2v) is 12.2. The van der Waals surface area contributed by atoms with Crippen LogP contribution in [0.25, 0.3) is 6.08 Å². The summed E-state index contributed by atoms with van der Waals surface area (Å²) in [7, 11) is 0. The number of allylic oxidation sites excluding steroid dienone is 1. The normalized spacial score (nSPS) is 14.9. The standard InChI is InChI=1S/C35H27N3O4S2/c1-23-15-17-25(18-16-23)22-43-35-37-36-34(44-35)38-31(26-11-8-14-28(21-26)42-27-12-6-3-7-13-27)30(32(40)33(38)41)29(39)20-19-24-9-4-2-5-10-24/h2-21,31,40H,22H2,1H3. The lowest BCUT2D eigenvalue weighted by molar-refractivity contribution is -0.117. The van der Waals surface area contributed by atoms with Crippen LogP contribution in [0.2, 0.25) is 0 Å². The van der Waals surface area contributed by atoms with E-state index in [4.69, 9.17) is 4.74 Å². The maximum absolute atomic E-state index is 13.6. The zero-order valence-electron chi connectivity index (χ0n) is 23.7. The molecule has 1 aromatic heterocycles. The Morgan fingerprint density at radius 2 is 1.64 bits per heavy atom. The number of carbonyl (C=O) groups excluding carboxylic acids is 2. The zero-order valence-corrected chi connectivity index (χ0v) is 25.3. The highest BCUT2D eigenvalue weighted by molar-refractivity contribution is 8.00. The number of aryl methyl sites for hydroxylation is 1. The highest BCUT2D eigenvalue weighted by atomic mass is 32.2. The summed E-state index contributed by atoms with van der Waals surface area (Å²) in [5.41, 5.74) is 3.68. The van der Waals surface area contributed by atoms with Gasteiger partial charge in [0.25, 0.3) is 5.91 Å². The number of anilines is 1. The van der Waals surface area contributed by atoms with Gasteiger partial charge in [-0.2, -0.15) is 0 Å². The van der Waals surface area contributed by atoms with Crippen LogP contribution in [0.4, 0.5) is 5.13 Å². The Hall–Kier alpha value is -4.99. The van der Waals surface area contributed by atoms with Gasteiger partial charge in [-0.15, -0.1) is 10.2 Å². The van der Waals surface area contributed by atoms with Gasteiger partial charge in [0.05, 0.1) is 11.6 Å². The van der Waals surface area contributed by atoms with Crippen LogP contribution >= 0.6 is 23.1 Å². The van der Waals surface area contributed by atoms with Crippen molar-refractivity contribution in [3.05, 3.63) is 149 Å². The third-order valence-corrected chi connectivity index (χ3v) is 9.06. The van der Waals surface area contributed by atoms with Crippen LogP contribution in [-0.4, -0.2) is 27.0 Å². The lowest BCUT2D eigenvalue weighted by Gasteiger charge is -2.24. The zero-order chi connectivity index (χ0) is 30.5. The molecule has 7 nitrogen and oxygen atoms in total. The van der Waals surface area contributed by atoms with Crippen molar-refractivity contribution in [1.82, 2.24) is 10.2 Å². The number of aliphatic hydroxyl groups excluding tert-OH is 1. The molecule has 4 aromatic carbocycles. The van der Waals surface area contributed by atoms with Crippen molar-refractivity contribution in [2.45, 2.75) is 23.1 Å². The number of ketones is 1. The molecule has 1 aliphatic heterocycles. The molecule has 1 atom stereocenters. The van der Waals surface area contributed by atoms with Gasteiger partial charge in [0.15, 0.2) is 15.9 Å². The highest BCUT2D eigenvalue weighted by Crippen LogP contribution is 2.44. The molecule has 0 saturated carbocycles. The van der Waals surface area contributed by atoms with Crippen LogP contribution in [0.1, 0.15) is 28.3 Å². The first-order chi connectivity index (χ1) is 21.5. The number of hydrogen-bond acceptors (Lipinski definition) is 8. The number of para-hydroxylation sites is 1. The monoisotopic (exact) mass is 617 g/mol. The van der Waals surface area contributed by atoms with Gasteiger partial charge in [0.1, 0.15) is 11.5 Å². The smallest absolute Gasteiger partial charge is 0.296 e. The summed E-state index contributed by atoms with van der Waals surface area (Å²) in [5.74, 6) is 0.0285. The molecule has 1 aliphatic rings. The Kier molecular flexibility index (Phi) is 8.67. The number of thioether (sulfide) groups is 1. The Labute approximate surface area is 263 Å². The predicted octanol–water partition coefficient (Wildman–Crippen LogP) is 8.11. The van der Waals surface area contributed by atoms with Gasteiger partial charge in [-0.3, -0.25) is 14.5 Å². The summed E-state index contributed by atoms with van der Waals surface area (Å²) in [4.78, 5) is 28.6. The second-order valence-electron chi connectivity index (χ2n) is 10.1. The molecular formula is C35H27N3O4S2. The molecule has 218 valence electrons. The molecule has 1 N–H and O–H groups in total. The third kappa shape index (κ3) is 6.49. The second kappa shape index (κ2) is 13.1. The van der Waals surface area contributed by atoms with Crippen molar-refractivity contribution >= 4 is 46.0 Å². The molecule has 0 fully saturated rings. The third-order valence-electron chi connectivity index (χ3n) is 6.94. The molecule has 1 unspecified atom stereocenters. The number of aromatic nitrogens is 2. The lowest BCUT2D eigenvalue weighted by Crippen LogP contribution is -2.30. The molecule has 9 heteroatoms. The fourth-order valence-corrected chi connectivity index (χ4v) is 6.58. The molecular weight excluding hydrogens is 591 g/mol. The fraction of sp³-hybridized carbons (Fsp3) is 0.0857. The SMILES string of the molecule is Cc1ccc(CSc2nnc(N3C(=O)C(O)=C(C(=O)C=Cc4ccccc4)C3c3cccc(Oc4ccccc4)c3)s2)cc1. The maximum atomic E-state index is 13.6. The van der Waals surface area contributed by atoms with E-state index in [1.807, 2.05) is 67.6 Å². The van der Waals surface area contributed by atoms with Gasteiger partial charge in [0.2, 0.25) is 5.13 Å². The van der Waals surface area contributed by atoms with E-state index in [0.29, 0.717) is 27.2 Å². The van der Waals surface area contributed by atoms with Crippen molar-refractivity contribution < 1.29 is 19.4 Å². The molecule has 2 heterocycles. The average Bonchev–Trinajstić information content (AvgIpc) is 3.62. The number of rotatable bonds is 10. The van der Waals surface area contributed by atoms with Gasteiger partial charge >= 0.3 is 0 Å². The highest BCUT2D eigenvalue weighted by Gasteiger charge is 2.45. The Balaban J connectivity index is 1.33. The number of ether oxygens (including phenoxy) is 1. The van der Waals surface area contributed by atoms with Crippen molar-refractivity contribution in [2.75, 3.05) is 4.90 Å². The Bertz CT molecular complexity index is 1850. The number of nitrogens with zero attached hydrogens (tertiary/aromatic N) is 3. The van der Waals surface area contributed by atoms with Gasteiger partial charge < -0.3 is 9.84 Å². The van der Waals surface area contributed by atoms with Gasteiger partial charge in [-0.25, -0.2) is 0 Å². The Morgan fingerprint density at radius 1 is 0.932 bits per heavy atom. The summed E-state index contributed by atoms with van der Waals surface area (Å²) in [6, 6.07) is 33.1. The predicted molar refractivity (Wildman–Crippen MR) is 174 cm³/mol. The van der Waals surface area contributed by atoms with Crippen LogP contribution in [0.5, 0.6) is 11.5 Å². The molecule has 0 spiro atoms. The van der Waals surface area contributed by atoms with E-state index in [2.05, 4.69) is 34.5 Å². The largest absolute Gasteiger partial charge is 0.503 e. The first-order valence-electron chi connectivity index (χ1n) is 13.8. The van der Waals surface area contributed by atoms with Crippen molar-refractivity contribution in [3.8, 4) is 11.5 Å². The molecule has 1 amide bonds. The van der Waals surface area contributed by atoms with Gasteiger partial charge in [-0.05, 0) is 54.0 Å². The summed E-state index contributed by atoms with van der Waals surface area (Å²) < 4.78 is 6.71. The van der Waals surface area contributed by atoms with Gasteiger partial charge in [0, 0.05) is 5.75 Å². The van der Waals surface area contributed by atoms with E-state index in [1.54, 1.807) is 30.3 Å². The van der Waals surface area contributed by atoms with E-state index in [1.165, 1.54) is 39.6 Å². The molecule has 0 radical (unpaired) electrons. The summed E-state index contributed by atoms with van der Waals surface area (Å²) >= 11 is 2.74. The minimum absolute atomic E-state index is 0.0388. The number of carbonyl (C=O) groups is 2. The van der Waals surface area contributed by atoms with Crippen LogP contribution in [0.15, 0.2) is 131 Å². The van der Waals surface area contributed by atoms with Crippen LogP contribution < -0.4 is 9.64 Å².